The Hall–Kier alpha value is -1.67. The Bertz CT molecular complexity index is 560. The molecular weight excluding hydrogens is 271 g/mol. The fourth-order valence-electron chi connectivity index (χ4n) is 1.06. The van der Waals surface area contributed by atoms with E-state index in [1.54, 1.807) is 0 Å². The van der Waals surface area contributed by atoms with Crippen LogP contribution in [0, 0.1) is 0 Å². The minimum Gasteiger partial charge on any atom is -0.741 e. The fraction of sp³-hybridized carbons (Fsp3) is 0.100. The molecule has 0 saturated carbocycles. The van der Waals surface area contributed by atoms with Crippen LogP contribution in [0.15, 0.2) is 42.6 Å². The molecule has 0 amide bonds. The zero-order valence-corrected chi connectivity index (χ0v) is 9.62. The summed E-state index contributed by atoms with van der Waals surface area (Å²) in [7, 11) is -6.09. The molecule has 18 heavy (non-hydrogen) atoms. The van der Waals surface area contributed by atoms with Gasteiger partial charge in [-0.1, -0.05) is 12.1 Å². The van der Waals surface area contributed by atoms with Crippen LogP contribution in [0.3, 0.4) is 0 Å². The molecule has 4 nitrogen and oxygen atoms in total. The molecule has 0 bridgehead atoms. The van der Waals surface area contributed by atoms with E-state index in [1.807, 2.05) is 24.4 Å². The first-order valence-electron chi connectivity index (χ1n) is 4.59. The van der Waals surface area contributed by atoms with Gasteiger partial charge in [0.1, 0.15) is 0 Å². The maximum atomic E-state index is 10.7. The second-order valence-corrected chi connectivity index (χ2v) is 4.53. The number of alkyl halides is 3. The van der Waals surface area contributed by atoms with Crippen molar-refractivity contribution in [2.45, 2.75) is 5.51 Å². The molecule has 0 radical (unpaired) electrons. The molecular formula is C10H8F3NO3S. The highest BCUT2D eigenvalue weighted by Crippen LogP contribution is 2.20. The quantitative estimate of drug-likeness (QED) is 0.544. The number of rotatable bonds is 0. The topological polar surface area (TPSA) is 71.3 Å². The number of aromatic nitrogens is 1. The lowest BCUT2D eigenvalue weighted by molar-refractivity contribution is -0.344. The van der Waals surface area contributed by atoms with Crippen LogP contribution < -0.4 is 4.98 Å². The predicted molar refractivity (Wildman–Crippen MR) is 56.3 cm³/mol. The summed E-state index contributed by atoms with van der Waals surface area (Å²) < 4.78 is 58.9. The van der Waals surface area contributed by atoms with Crippen molar-refractivity contribution >= 4 is 21.0 Å². The summed E-state index contributed by atoms with van der Waals surface area (Å²) >= 11 is 0. The third-order valence-electron chi connectivity index (χ3n) is 1.86. The number of H-pyrrole nitrogens is 1. The van der Waals surface area contributed by atoms with Crippen molar-refractivity contribution in [3.63, 3.8) is 0 Å². The lowest BCUT2D eigenvalue weighted by Crippen LogP contribution is -2.21. The number of hydrogen-bond donors (Lipinski definition) is 0. The van der Waals surface area contributed by atoms with E-state index in [0.717, 1.165) is 0 Å². The Morgan fingerprint density at radius 3 is 2.06 bits per heavy atom. The molecule has 0 unspecified atom stereocenters. The van der Waals surface area contributed by atoms with Crippen molar-refractivity contribution < 1.29 is 31.1 Å². The molecule has 0 aliphatic carbocycles. The van der Waals surface area contributed by atoms with Crippen molar-refractivity contribution in [2.75, 3.05) is 0 Å². The van der Waals surface area contributed by atoms with Crippen LogP contribution in [0.25, 0.3) is 10.9 Å². The number of para-hydroxylation sites is 1. The monoisotopic (exact) mass is 279 g/mol. The third-order valence-corrected chi connectivity index (χ3v) is 2.42. The summed E-state index contributed by atoms with van der Waals surface area (Å²) in [6.45, 7) is 0. The molecule has 1 N–H and O–H groups in total. The maximum absolute atomic E-state index is 10.7. The number of pyridine rings is 1. The SMILES string of the molecule is O=S(=O)([O-])C(F)(F)F.c1ccc2[nH+]cccc2c1. The van der Waals surface area contributed by atoms with E-state index in [2.05, 4.69) is 23.2 Å². The van der Waals surface area contributed by atoms with Gasteiger partial charge in [0, 0.05) is 17.5 Å². The minimum atomic E-state index is -6.09. The zero-order chi connectivity index (χ0) is 13.8. The summed E-state index contributed by atoms with van der Waals surface area (Å²) in [6, 6.07) is 12.3. The number of hydrogen-bond acceptors (Lipinski definition) is 3. The molecule has 2 aromatic rings. The number of fused-ring (bicyclic) bond motifs is 1. The van der Waals surface area contributed by atoms with E-state index in [4.69, 9.17) is 13.0 Å². The number of aromatic amines is 1. The average molecular weight is 279 g/mol. The van der Waals surface area contributed by atoms with E-state index < -0.39 is 15.6 Å². The predicted octanol–water partition coefficient (Wildman–Crippen LogP) is 1.71. The van der Waals surface area contributed by atoms with Crippen LogP contribution in [-0.4, -0.2) is 18.5 Å². The second-order valence-electron chi connectivity index (χ2n) is 3.16. The molecule has 0 aliphatic rings. The van der Waals surface area contributed by atoms with Crippen LogP contribution in [0.1, 0.15) is 0 Å². The first-order chi connectivity index (χ1) is 8.22. The van der Waals surface area contributed by atoms with Gasteiger partial charge in [0.25, 0.3) is 0 Å². The second kappa shape index (κ2) is 5.32. The third kappa shape index (κ3) is 3.97. The first kappa shape index (κ1) is 14.4. The molecule has 98 valence electrons. The van der Waals surface area contributed by atoms with Crippen molar-refractivity contribution in [1.29, 1.82) is 0 Å². The molecule has 0 saturated heterocycles. The summed E-state index contributed by atoms with van der Waals surface area (Å²) in [5.41, 5.74) is -4.46. The molecule has 8 heteroatoms. The van der Waals surface area contributed by atoms with E-state index >= 15 is 0 Å². The van der Waals surface area contributed by atoms with Gasteiger partial charge >= 0.3 is 5.51 Å². The summed E-state index contributed by atoms with van der Waals surface area (Å²) in [5.74, 6) is 0. The van der Waals surface area contributed by atoms with E-state index in [1.165, 1.54) is 10.9 Å². The van der Waals surface area contributed by atoms with Crippen molar-refractivity contribution in [1.82, 2.24) is 0 Å². The van der Waals surface area contributed by atoms with Crippen LogP contribution in [0.4, 0.5) is 13.2 Å². The normalized spacial score (nSPS) is 11.8. The Kier molecular flexibility index (Phi) is 4.25. The summed E-state index contributed by atoms with van der Waals surface area (Å²) in [4.78, 5) is 3.15. The largest absolute Gasteiger partial charge is 0.741 e. The Labute approximate surface area is 101 Å². The number of nitrogens with one attached hydrogen (secondary N) is 1. The minimum absolute atomic E-state index is 1.19. The van der Waals surface area contributed by atoms with Crippen LogP contribution >= 0.6 is 0 Å². The standard InChI is InChI=1S/C9H7N.CHF3O3S/c1-2-6-9-8(4-1)5-3-7-10-9;2-1(3,4)8(5,6)7/h1-7H;(H,5,6,7). The van der Waals surface area contributed by atoms with Crippen LogP contribution in [-0.2, 0) is 10.1 Å². The van der Waals surface area contributed by atoms with E-state index in [-0.39, 0.29) is 0 Å². The molecule has 0 fully saturated rings. The molecule has 0 atom stereocenters. The van der Waals surface area contributed by atoms with Gasteiger partial charge < -0.3 is 4.55 Å². The smallest absolute Gasteiger partial charge is 0.485 e. The van der Waals surface area contributed by atoms with Crippen molar-refractivity contribution in [3.05, 3.63) is 42.6 Å². The molecule has 1 aromatic heterocycles. The van der Waals surface area contributed by atoms with Gasteiger partial charge in [-0.05, 0) is 12.1 Å². The lowest BCUT2D eigenvalue weighted by atomic mass is 10.2. The Morgan fingerprint density at radius 2 is 1.56 bits per heavy atom. The Balaban J connectivity index is 0.000000187. The Morgan fingerprint density at radius 1 is 1.06 bits per heavy atom. The van der Waals surface area contributed by atoms with E-state index in [9.17, 15) is 13.2 Å². The lowest BCUT2D eigenvalue weighted by Gasteiger charge is -2.08. The van der Waals surface area contributed by atoms with Gasteiger partial charge in [-0.25, -0.2) is 13.4 Å². The van der Waals surface area contributed by atoms with Crippen LogP contribution in [0.2, 0.25) is 0 Å². The number of halogens is 3. The van der Waals surface area contributed by atoms with Gasteiger partial charge in [0.05, 0.1) is 0 Å². The maximum Gasteiger partial charge on any atom is 0.485 e. The highest BCUT2D eigenvalue weighted by atomic mass is 32.2. The highest BCUT2D eigenvalue weighted by molar-refractivity contribution is 7.86. The van der Waals surface area contributed by atoms with Gasteiger partial charge in [0.15, 0.2) is 16.3 Å². The van der Waals surface area contributed by atoms with Gasteiger partial charge in [-0.15, -0.1) is 0 Å². The van der Waals surface area contributed by atoms with E-state index in [0.29, 0.717) is 0 Å². The number of benzene rings is 1. The van der Waals surface area contributed by atoms with Gasteiger partial charge in [-0.3, -0.25) is 0 Å². The zero-order valence-electron chi connectivity index (χ0n) is 8.81. The van der Waals surface area contributed by atoms with Crippen molar-refractivity contribution in [3.8, 4) is 0 Å². The molecule has 0 spiro atoms. The molecule has 0 aliphatic heterocycles. The molecule has 1 aromatic carbocycles. The van der Waals surface area contributed by atoms with Crippen molar-refractivity contribution in [2.24, 2.45) is 0 Å². The summed E-state index contributed by atoms with van der Waals surface area (Å²) in [6.07, 6.45) is 1.93. The molecule has 1 heterocycles. The first-order valence-corrected chi connectivity index (χ1v) is 6.00. The summed E-state index contributed by atoms with van der Waals surface area (Å²) in [5, 5.41) is 1.25. The van der Waals surface area contributed by atoms with Gasteiger partial charge in [-0.2, -0.15) is 13.2 Å². The highest BCUT2D eigenvalue weighted by Gasteiger charge is 2.36. The van der Waals surface area contributed by atoms with Gasteiger partial charge in [0.2, 0.25) is 5.52 Å². The average Bonchev–Trinajstić information content (AvgIpc) is 2.27. The fourth-order valence-corrected chi connectivity index (χ4v) is 1.06. The molecule has 2 rings (SSSR count). The van der Waals surface area contributed by atoms with Crippen LogP contribution in [0.5, 0.6) is 0 Å².